The number of aromatic nitrogens is 2. The van der Waals surface area contributed by atoms with Gasteiger partial charge in [-0.25, -0.2) is 4.68 Å². The Balaban J connectivity index is 2.57. The van der Waals surface area contributed by atoms with Crippen LogP contribution in [0.3, 0.4) is 0 Å². The molecule has 1 aromatic carbocycles. The van der Waals surface area contributed by atoms with Crippen LogP contribution in [0.2, 0.25) is 15.1 Å². The Kier molecular flexibility index (Phi) is 4.79. The number of benzene rings is 1. The number of nitrogens with zero attached hydrogens (tertiary/aromatic N) is 2. The molecule has 0 aliphatic rings. The summed E-state index contributed by atoms with van der Waals surface area (Å²) in [5, 5.41) is 4.70. The van der Waals surface area contributed by atoms with E-state index in [0.29, 0.717) is 20.1 Å². The zero-order valence-corrected chi connectivity index (χ0v) is 13.7. The minimum Gasteiger partial charge on any atom is -0.416 e. The Bertz CT molecular complexity index is 664. The minimum absolute atomic E-state index is 0.0519. The van der Waals surface area contributed by atoms with Crippen LogP contribution in [0.5, 0.6) is 5.88 Å². The van der Waals surface area contributed by atoms with Crippen molar-refractivity contribution in [3.63, 3.8) is 0 Å². The normalized spacial score (nSPS) is 11.2. The summed E-state index contributed by atoms with van der Waals surface area (Å²) in [6.45, 7) is -3.00. The molecule has 0 amide bonds. The first-order valence-electron chi connectivity index (χ1n) is 5.13. The Labute approximate surface area is 136 Å². The highest BCUT2D eigenvalue weighted by Gasteiger charge is 2.22. The third-order valence-electron chi connectivity index (χ3n) is 2.41. The van der Waals surface area contributed by atoms with Gasteiger partial charge in [0.25, 0.3) is 0 Å². The van der Waals surface area contributed by atoms with Crippen LogP contribution in [0, 0.1) is 0 Å². The van der Waals surface area contributed by atoms with Crippen molar-refractivity contribution in [2.75, 3.05) is 0 Å². The molecule has 1 heterocycles. The first-order chi connectivity index (χ1) is 9.31. The molecule has 0 spiro atoms. The second-order valence-electron chi connectivity index (χ2n) is 3.72. The van der Waals surface area contributed by atoms with E-state index in [1.54, 1.807) is 6.07 Å². The molecular weight excluding hydrogens is 400 g/mol. The van der Waals surface area contributed by atoms with Crippen LogP contribution >= 0.6 is 50.7 Å². The zero-order valence-electron chi connectivity index (χ0n) is 9.80. The van der Waals surface area contributed by atoms with Crippen molar-refractivity contribution in [3.05, 3.63) is 31.7 Å². The van der Waals surface area contributed by atoms with Gasteiger partial charge in [0.05, 0.1) is 10.0 Å². The van der Waals surface area contributed by atoms with E-state index in [0.717, 1.165) is 4.68 Å². The maximum atomic E-state index is 12.3. The number of hydrogen-bond acceptors (Lipinski definition) is 2. The SMILES string of the molecule is Cn1nc(-c2cc(Br)c(Cl)cc2Cl)c(Cl)c1OC(F)F. The minimum atomic E-state index is -3.00. The number of ether oxygens (including phenoxy) is 1. The van der Waals surface area contributed by atoms with Gasteiger partial charge >= 0.3 is 6.61 Å². The second kappa shape index (κ2) is 6.05. The first-order valence-corrected chi connectivity index (χ1v) is 7.06. The Morgan fingerprint density at radius 1 is 1.25 bits per heavy atom. The smallest absolute Gasteiger partial charge is 0.388 e. The summed E-state index contributed by atoms with van der Waals surface area (Å²) in [4.78, 5) is 0. The maximum absolute atomic E-state index is 12.3. The van der Waals surface area contributed by atoms with E-state index in [4.69, 9.17) is 34.8 Å². The van der Waals surface area contributed by atoms with E-state index in [-0.39, 0.29) is 16.6 Å². The van der Waals surface area contributed by atoms with Gasteiger partial charge in [-0.1, -0.05) is 34.8 Å². The van der Waals surface area contributed by atoms with Crippen LogP contribution in [0.1, 0.15) is 0 Å². The topological polar surface area (TPSA) is 27.1 Å². The van der Waals surface area contributed by atoms with Crippen molar-refractivity contribution in [1.82, 2.24) is 9.78 Å². The van der Waals surface area contributed by atoms with Crippen molar-refractivity contribution >= 4 is 50.7 Å². The van der Waals surface area contributed by atoms with Gasteiger partial charge in [0.1, 0.15) is 10.7 Å². The predicted octanol–water partition coefficient (Wildman–Crippen LogP) is 5.41. The summed E-state index contributed by atoms with van der Waals surface area (Å²) in [5.74, 6) is -0.237. The molecule has 0 fully saturated rings. The highest BCUT2D eigenvalue weighted by Crippen LogP contribution is 2.41. The van der Waals surface area contributed by atoms with E-state index < -0.39 is 6.61 Å². The number of hydrogen-bond donors (Lipinski definition) is 0. The van der Waals surface area contributed by atoms with E-state index in [9.17, 15) is 8.78 Å². The summed E-state index contributed by atoms with van der Waals surface area (Å²) in [6, 6.07) is 3.10. The van der Waals surface area contributed by atoms with Crippen molar-refractivity contribution in [3.8, 4) is 17.1 Å². The van der Waals surface area contributed by atoms with Crippen LogP contribution in [0.4, 0.5) is 8.78 Å². The fraction of sp³-hybridized carbons (Fsp3) is 0.182. The third-order valence-corrected chi connectivity index (χ3v) is 4.26. The van der Waals surface area contributed by atoms with Crippen LogP contribution in [0.15, 0.2) is 16.6 Å². The number of alkyl halides is 2. The molecule has 0 saturated heterocycles. The van der Waals surface area contributed by atoms with Gasteiger partial charge in [-0.15, -0.1) is 0 Å². The molecule has 0 atom stereocenters. The summed E-state index contributed by atoms with van der Waals surface area (Å²) in [6.07, 6.45) is 0. The summed E-state index contributed by atoms with van der Waals surface area (Å²) in [7, 11) is 1.44. The van der Waals surface area contributed by atoms with E-state index in [2.05, 4.69) is 25.8 Å². The van der Waals surface area contributed by atoms with Gasteiger partial charge in [-0.3, -0.25) is 0 Å². The third kappa shape index (κ3) is 3.03. The number of aryl methyl sites for hydroxylation is 1. The van der Waals surface area contributed by atoms with Crippen molar-refractivity contribution in [1.29, 1.82) is 0 Å². The van der Waals surface area contributed by atoms with E-state index >= 15 is 0 Å². The van der Waals surface area contributed by atoms with Gasteiger partial charge in [0.2, 0.25) is 5.88 Å². The standard InChI is InChI=1S/C11H6BrCl3F2N2O/c1-19-10(20-11(16)17)8(15)9(18-19)4-2-5(12)7(14)3-6(4)13/h2-3,11H,1H3. The molecule has 0 radical (unpaired) electrons. The maximum Gasteiger partial charge on any atom is 0.388 e. The van der Waals surface area contributed by atoms with Crippen molar-refractivity contribution < 1.29 is 13.5 Å². The molecule has 3 nitrogen and oxygen atoms in total. The highest BCUT2D eigenvalue weighted by atomic mass is 79.9. The molecule has 2 aromatic rings. The lowest BCUT2D eigenvalue weighted by atomic mass is 10.1. The first kappa shape index (κ1) is 15.8. The van der Waals surface area contributed by atoms with Crippen molar-refractivity contribution in [2.24, 2.45) is 7.05 Å². The number of rotatable bonds is 3. The molecule has 0 bridgehead atoms. The summed E-state index contributed by atoms with van der Waals surface area (Å²) < 4.78 is 30.7. The summed E-state index contributed by atoms with van der Waals surface area (Å²) in [5.41, 5.74) is 0.680. The van der Waals surface area contributed by atoms with Crippen LogP contribution in [-0.4, -0.2) is 16.4 Å². The monoisotopic (exact) mass is 404 g/mol. The van der Waals surface area contributed by atoms with Gasteiger partial charge in [0.15, 0.2) is 0 Å². The molecule has 108 valence electrons. The quantitative estimate of drug-likeness (QED) is 0.637. The molecule has 9 heteroatoms. The fourth-order valence-corrected chi connectivity index (χ4v) is 2.69. The van der Waals surface area contributed by atoms with Crippen molar-refractivity contribution in [2.45, 2.75) is 6.61 Å². The van der Waals surface area contributed by atoms with Gasteiger partial charge < -0.3 is 4.74 Å². The zero-order chi connectivity index (χ0) is 15.0. The molecule has 1 aromatic heterocycles. The van der Waals surface area contributed by atoms with Gasteiger partial charge in [-0.05, 0) is 28.1 Å². The molecular formula is C11H6BrCl3F2N2O. The summed E-state index contributed by atoms with van der Waals surface area (Å²) >= 11 is 21.2. The Morgan fingerprint density at radius 3 is 2.50 bits per heavy atom. The van der Waals surface area contributed by atoms with Crippen LogP contribution in [0.25, 0.3) is 11.3 Å². The predicted molar refractivity (Wildman–Crippen MR) is 78.0 cm³/mol. The van der Waals surface area contributed by atoms with Gasteiger partial charge in [-0.2, -0.15) is 13.9 Å². The molecule has 2 rings (SSSR count). The van der Waals surface area contributed by atoms with Gasteiger partial charge in [0, 0.05) is 17.1 Å². The molecule has 0 unspecified atom stereocenters. The molecule has 0 saturated carbocycles. The molecule has 0 aliphatic heterocycles. The number of halogens is 6. The average Bonchev–Trinajstić information content (AvgIpc) is 2.61. The Hall–Kier alpha value is -0.560. The van der Waals surface area contributed by atoms with E-state index in [1.165, 1.54) is 13.1 Å². The average molecular weight is 406 g/mol. The fourth-order valence-electron chi connectivity index (χ4n) is 1.57. The Morgan fingerprint density at radius 2 is 1.90 bits per heavy atom. The van der Waals surface area contributed by atoms with E-state index in [1.807, 2.05) is 0 Å². The lowest BCUT2D eigenvalue weighted by Gasteiger charge is -2.05. The lowest BCUT2D eigenvalue weighted by molar-refractivity contribution is -0.0552. The highest BCUT2D eigenvalue weighted by molar-refractivity contribution is 9.10. The second-order valence-corrected chi connectivity index (χ2v) is 5.76. The largest absolute Gasteiger partial charge is 0.416 e. The van der Waals surface area contributed by atoms with Crippen LogP contribution < -0.4 is 4.74 Å². The van der Waals surface area contributed by atoms with Crippen LogP contribution in [-0.2, 0) is 7.05 Å². The molecule has 0 N–H and O–H groups in total. The molecule has 0 aliphatic carbocycles. The lowest BCUT2D eigenvalue weighted by Crippen LogP contribution is -2.06. The molecule has 20 heavy (non-hydrogen) atoms.